The number of hydrogen-bond acceptors (Lipinski definition) is 13. The number of halogens is 4. The number of likely N-dealkylation sites (N-methyl/N-ethyl adjacent to an activating group) is 1. The molecule has 1 saturated carbocycles. The van der Waals surface area contributed by atoms with Crippen LogP contribution >= 0.6 is 11.6 Å². The van der Waals surface area contributed by atoms with Crippen LogP contribution in [-0.4, -0.2) is 115 Å². The molecule has 0 radical (unpaired) electrons. The Morgan fingerprint density at radius 3 is 2.25 bits per heavy atom. The van der Waals surface area contributed by atoms with Gasteiger partial charge in [0.1, 0.15) is 12.6 Å². The zero-order valence-corrected chi connectivity index (χ0v) is 28.7. The van der Waals surface area contributed by atoms with E-state index in [1.54, 1.807) is 12.1 Å². The van der Waals surface area contributed by atoms with Crippen LogP contribution in [0.1, 0.15) is 28.8 Å². The van der Waals surface area contributed by atoms with Gasteiger partial charge in [0.2, 0.25) is 11.9 Å². The number of amides is 3. The maximum Gasteiger partial charge on any atom is 0.422 e. The highest BCUT2D eigenvalue weighted by Gasteiger charge is 2.45. The van der Waals surface area contributed by atoms with Crippen molar-refractivity contribution in [3.05, 3.63) is 64.7 Å². The van der Waals surface area contributed by atoms with Gasteiger partial charge in [-0.15, -0.1) is 0 Å². The van der Waals surface area contributed by atoms with Crippen LogP contribution in [0.3, 0.4) is 0 Å². The van der Waals surface area contributed by atoms with Crippen molar-refractivity contribution in [1.82, 2.24) is 30.5 Å². The second-order valence-electron chi connectivity index (χ2n) is 11.5. The van der Waals surface area contributed by atoms with E-state index in [2.05, 4.69) is 36.2 Å². The second-order valence-corrected chi connectivity index (χ2v) is 12.0. The number of alkyl halides is 3. The Morgan fingerprint density at radius 2 is 1.63 bits per heavy atom. The summed E-state index contributed by atoms with van der Waals surface area (Å²) in [5.41, 5.74) is 0.701. The van der Waals surface area contributed by atoms with Gasteiger partial charge in [-0.2, -0.15) is 28.1 Å². The number of rotatable bonds is 17. The molecule has 3 aromatic rings. The van der Waals surface area contributed by atoms with Crippen LogP contribution in [0, 0.1) is 0 Å². The van der Waals surface area contributed by atoms with Crippen LogP contribution < -0.4 is 26.0 Å². The summed E-state index contributed by atoms with van der Waals surface area (Å²) in [5.74, 6) is -3.77. The summed E-state index contributed by atoms with van der Waals surface area (Å²) in [7, 11) is 2.73. The monoisotopic (exact) mass is 752 g/mol. The molecular weight excluding hydrogens is 717 g/mol. The smallest absolute Gasteiger partial charge is 0.422 e. The molecule has 1 aliphatic rings. The molecule has 0 saturated heterocycles. The lowest BCUT2D eigenvalue weighted by atomic mass is 10.1. The fourth-order valence-corrected chi connectivity index (χ4v) is 4.61. The molecule has 52 heavy (non-hydrogen) atoms. The van der Waals surface area contributed by atoms with E-state index in [0.29, 0.717) is 23.6 Å². The molecule has 1 unspecified atom stereocenters. The first-order valence-corrected chi connectivity index (χ1v) is 16.1. The number of hydrogen-bond donors (Lipinski definition) is 5. The molecule has 0 spiro atoms. The first kappa shape index (κ1) is 39.5. The summed E-state index contributed by atoms with van der Waals surface area (Å²) in [6.07, 6.45) is -3.25. The van der Waals surface area contributed by atoms with E-state index in [1.165, 1.54) is 38.4 Å². The third kappa shape index (κ3) is 11.9. The SMILES string of the molecule is CN(C)C(=O)C(=O)NCC(NC(=O)c1ccc(Nc2nc(NC3(c4ccc(Cl)cc4)CC3)nc(OCC(F)(F)F)n2)cc1)C(=O)OCCOCCO. The van der Waals surface area contributed by atoms with Crippen LogP contribution in [0.4, 0.5) is 30.8 Å². The van der Waals surface area contributed by atoms with E-state index < -0.39 is 60.6 Å². The van der Waals surface area contributed by atoms with E-state index in [0.717, 1.165) is 10.5 Å². The zero-order chi connectivity index (χ0) is 37.9. The van der Waals surface area contributed by atoms with Gasteiger partial charge in [-0.05, 0) is 54.8 Å². The molecule has 0 bridgehead atoms. The highest BCUT2D eigenvalue weighted by Crippen LogP contribution is 2.48. The minimum Gasteiger partial charge on any atom is -0.462 e. The summed E-state index contributed by atoms with van der Waals surface area (Å²) in [6.45, 7) is -2.57. The minimum atomic E-state index is -4.65. The number of nitrogens with zero attached hydrogens (tertiary/aromatic N) is 4. The lowest BCUT2D eigenvalue weighted by molar-refractivity contribution is -0.154. The molecule has 3 amide bonds. The molecule has 16 nitrogen and oxygen atoms in total. The Balaban J connectivity index is 1.46. The average Bonchev–Trinajstić information content (AvgIpc) is 3.88. The lowest BCUT2D eigenvalue weighted by Crippen LogP contribution is -2.51. The highest BCUT2D eigenvalue weighted by atomic mass is 35.5. The third-order valence-electron chi connectivity index (χ3n) is 7.25. The fraction of sp³-hybridized carbons (Fsp3) is 0.406. The maximum absolute atomic E-state index is 13.1. The van der Waals surface area contributed by atoms with Crippen LogP contribution in [0.15, 0.2) is 48.5 Å². The molecule has 1 aromatic heterocycles. The summed E-state index contributed by atoms with van der Waals surface area (Å²) in [4.78, 5) is 63.3. The highest BCUT2D eigenvalue weighted by molar-refractivity contribution is 6.34. The van der Waals surface area contributed by atoms with Gasteiger partial charge in [0.15, 0.2) is 6.61 Å². The predicted molar refractivity (Wildman–Crippen MR) is 179 cm³/mol. The summed E-state index contributed by atoms with van der Waals surface area (Å²) >= 11 is 6.02. The fourth-order valence-electron chi connectivity index (χ4n) is 4.48. The van der Waals surface area contributed by atoms with Gasteiger partial charge in [-0.3, -0.25) is 14.4 Å². The molecule has 20 heteroatoms. The number of aliphatic hydroxyl groups excluding tert-OH is 1. The Hall–Kier alpha value is -5.27. The Bertz CT molecular complexity index is 1710. The number of aromatic nitrogens is 3. The summed E-state index contributed by atoms with van der Waals surface area (Å²) < 4.78 is 53.8. The van der Waals surface area contributed by atoms with Gasteiger partial charge >= 0.3 is 30.0 Å². The molecule has 1 aliphatic carbocycles. The third-order valence-corrected chi connectivity index (χ3v) is 7.50. The number of aliphatic hydroxyl groups is 1. The first-order valence-electron chi connectivity index (χ1n) is 15.7. The van der Waals surface area contributed by atoms with Gasteiger partial charge in [0.25, 0.3) is 5.91 Å². The van der Waals surface area contributed by atoms with Crippen molar-refractivity contribution in [2.45, 2.75) is 30.6 Å². The molecule has 4 rings (SSSR count). The zero-order valence-electron chi connectivity index (χ0n) is 28.0. The van der Waals surface area contributed by atoms with E-state index in [9.17, 15) is 32.3 Å². The quantitative estimate of drug-likeness (QED) is 0.0763. The minimum absolute atomic E-state index is 0.0225. The summed E-state index contributed by atoms with van der Waals surface area (Å²) in [5, 5.41) is 20.1. The van der Waals surface area contributed by atoms with E-state index >= 15 is 0 Å². The average molecular weight is 753 g/mol. The molecule has 2 aromatic carbocycles. The molecule has 5 N–H and O–H groups in total. The van der Waals surface area contributed by atoms with Gasteiger partial charge in [0.05, 0.1) is 25.4 Å². The predicted octanol–water partition coefficient (Wildman–Crippen LogP) is 2.17. The number of esters is 1. The lowest BCUT2D eigenvalue weighted by Gasteiger charge is -2.19. The van der Waals surface area contributed by atoms with Crippen molar-refractivity contribution >= 4 is 52.9 Å². The van der Waals surface area contributed by atoms with Crippen molar-refractivity contribution in [1.29, 1.82) is 0 Å². The van der Waals surface area contributed by atoms with Gasteiger partial charge in [0, 0.05) is 36.9 Å². The van der Waals surface area contributed by atoms with Crippen molar-refractivity contribution in [3.8, 4) is 6.01 Å². The van der Waals surface area contributed by atoms with Gasteiger partial charge in [-0.1, -0.05) is 23.7 Å². The number of anilines is 3. The maximum atomic E-state index is 13.1. The summed E-state index contributed by atoms with van der Waals surface area (Å²) in [6, 6.07) is 10.7. The molecular formula is C32H36ClF3N8O8. The van der Waals surface area contributed by atoms with Crippen molar-refractivity contribution in [2.24, 2.45) is 0 Å². The van der Waals surface area contributed by atoms with Crippen molar-refractivity contribution in [2.75, 3.05) is 64.3 Å². The van der Waals surface area contributed by atoms with E-state index in [-0.39, 0.29) is 43.9 Å². The Labute approximate surface area is 300 Å². The topological polar surface area (TPSA) is 206 Å². The molecule has 280 valence electrons. The number of ether oxygens (including phenoxy) is 3. The number of nitrogens with one attached hydrogen (secondary N) is 4. The van der Waals surface area contributed by atoms with Crippen molar-refractivity contribution < 1.29 is 51.7 Å². The molecule has 0 aliphatic heterocycles. The number of benzene rings is 2. The molecule has 1 fully saturated rings. The van der Waals surface area contributed by atoms with Crippen LogP contribution in [0.25, 0.3) is 0 Å². The Kier molecular flexibility index (Phi) is 13.5. The largest absolute Gasteiger partial charge is 0.462 e. The van der Waals surface area contributed by atoms with Crippen molar-refractivity contribution in [3.63, 3.8) is 0 Å². The van der Waals surface area contributed by atoms with Crippen LogP contribution in [-0.2, 0) is 29.4 Å². The molecule has 1 heterocycles. The van der Waals surface area contributed by atoms with Gasteiger partial charge < -0.3 is 45.5 Å². The molecule has 1 atom stereocenters. The van der Waals surface area contributed by atoms with E-state index in [1.807, 2.05) is 12.1 Å². The van der Waals surface area contributed by atoms with Crippen LogP contribution in [0.5, 0.6) is 6.01 Å². The number of carbonyl (C=O) groups excluding carboxylic acids is 4. The second kappa shape index (κ2) is 17.8. The number of carbonyl (C=O) groups is 4. The van der Waals surface area contributed by atoms with Crippen LogP contribution in [0.2, 0.25) is 5.02 Å². The normalized spacial score (nSPS) is 13.7. The first-order chi connectivity index (χ1) is 24.7. The van der Waals surface area contributed by atoms with Gasteiger partial charge in [-0.25, -0.2) is 4.79 Å². The standard InChI is InChI=1S/C32H36ClF3N8O8/c1-44(2)26(48)25(47)37-17-23(27(49)51-16-15-50-14-13-45)39-24(46)19-3-9-22(10-4-19)38-28-40-29(42-30(41-28)52-18-32(34,35)36)43-31(11-12-31)20-5-7-21(33)8-6-20/h3-10,23,45H,11-18H2,1-2H3,(H,37,47)(H,39,46)(H2,38,40,41,42,43). The van der Waals surface area contributed by atoms with E-state index in [4.69, 9.17) is 30.9 Å². The Morgan fingerprint density at radius 1 is 0.962 bits per heavy atom.